The zero-order valence-electron chi connectivity index (χ0n) is 13.9. The molecule has 0 aromatic heterocycles. The number of nitrogens with zero attached hydrogens (tertiary/aromatic N) is 1. The molecule has 3 rings (SSSR count). The Morgan fingerprint density at radius 3 is 2.52 bits per heavy atom. The van der Waals surface area contributed by atoms with Crippen LogP contribution in [0.4, 0.5) is 10.5 Å². The van der Waals surface area contributed by atoms with Gasteiger partial charge in [-0.2, -0.15) is 0 Å². The summed E-state index contributed by atoms with van der Waals surface area (Å²) in [6, 6.07) is 14.2. The predicted molar refractivity (Wildman–Crippen MR) is 94.2 cm³/mol. The van der Waals surface area contributed by atoms with Crippen molar-refractivity contribution in [2.45, 2.75) is 19.9 Å². The molecule has 1 fully saturated rings. The summed E-state index contributed by atoms with van der Waals surface area (Å²) >= 11 is 0. The highest BCUT2D eigenvalue weighted by molar-refractivity contribution is 6.04. The van der Waals surface area contributed by atoms with Gasteiger partial charge in [0.25, 0.3) is 5.91 Å². The third kappa shape index (κ3) is 3.85. The zero-order valence-corrected chi connectivity index (χ0v) is 13.9. The molecule has 0 atom stereocenters. The lowest BCUT2D eigenvalue weighted by molar-refractivity contribution is -0.125. The number of imide groups is 1. The van der Waals surface area contributed by atoms with E-state index in [9.17, 15) is 14.4 Å². The largest absolute Gasteiger partial charge is 0.329 e. The van der Waals surface area contributed by atoms with E-state index in [2.05, 4.69) is 17.6 Å². The number of carbonyl (C=O) groups excluding carboxylic acids is 3. The summed E-state index contributed by atoms with van der Waals surface area (Å²) in [6.07, 6.45) is 0.904. The molecule has 0 spiro atoms. The van der Waals surface area contributed by atoms with Crippen LogP contribution in [0.3, 0.4) is 0 Å². The van der Waals surface area contributed by atoms with Crippen molar-refractivity contribution in [3.8, 4) is 0 Å². The number of carbonyl (C=O) groups is 3. The van der Waals surface area contributed by atoms with Crippen molar-refractivity contribution in [1.82, 2.24) is 10.2 Å². The Balaban J connectivity index is 1.66. The molecule has 2 aromatic carbocycles. The van der Waals surface area contributed by atoms with E-state index in [1.54, 1.807) is 24.3 Å². The van der Waals surface area contributed by atoms with E-state index in [1.165, 1.54) is 0 Å². The second kappa shape index (κ2) is 7.17. The van der Waals surface area contributed by atoms with Gasteiger partial charge in [0.2, 0.25) is 5.91 Å². The van der Waals surface area contributed by atoms with Gasteiger partial charge in [0.1, 0.15) is 0 Å². The number of hydrogen-bond donors (Lipinski definition) is 2. The lowest BCUT2D eigenvalue weighted by Gasteiger charge is -2.12. The fourth-order valence-electron chi connectivity index (χ4n) is 2.63. The number of amides is 4. The van der Waals surface area contributed by atoms with Crippen molar-refractivity contribution in [3.63, 3.8) is 0 Å². The van der Waals surface area contributed by atoms with E-state index >= 15 is 0 Å². The molecule has 0 radical (unpaired) electrons. The van der Waals surface area contributed by atoms with Gasteiger partial charge < -0.3 is 10.6 Å². The van der Waals surface area contributed by atoms with E-state index in [0.29, 0.717) is 5.56 Å². The third-order valence-corrected chi connectivity index (χ3v) is 4.09. The first-order valence-corrected chi connectivity index (χ1v) is 8.14. The minimum absolute atomic E-state index is 0.0378. The van der Waals surface area contributed by atoms with E-state index in [-0.39, 0.29) is 30.9 Å². The monoisotopic (exact) mass is 337 g/mol. The minimum Gasteiger partial charge on any atom is -0.329 e. The Morgan fingerprint density at radius 2 is 1.88 bits per heavy atom. The molecule has 0 saturated carbocycles. The minimum atomic E-state index is -0.386. The number of benzene rings is 2. The highest BCUT2D eigenvalue weighted by Crippen LogP contribution is 2.14. The van der Waals surface area contributed by atoms with Gasteiger partial charge in [-0.15, -0.1) is 0 Å². The van der Waals surface area contributed by atoms with E-state index < -0.39 is 0 Å². The molecule has 25 heavy (non-hydrogen) atoms. The lowest BCUT2D eigenvalue weighted by atomic mass is 10.1. The molecule has 4 amide bonds. The highest BCUT2D eigenvalue weighted by atomic mass is 16.2. The summed E-state index contributed by atoms with van der Waals surface area (Å²) in [5.74, 6) is -0.447. The van der Waals surface area contributed by atoms with Gasteiger partial charge in [0.05, 0.1) is 13.1 Å². The average Bonchev–Trinajstić information content (AvgIpc) is 2.94. The van der Waals surface area contributed by atoms with Crippen LogP contribution >= 0.6 is 0 Å². The Labute approximate surface area is 145 Å². The van der Waals surface area contributed by atoms with Crippen LogP contribution in [0.2, 0.25) is 0 Å². The summed E-state index contributed by atoms with van der Waals surface area (Å²) in [4.78, 5) is 36.6. The molecule has 1 aliphatic heterocycles. The molecule has 2 aromatic rings. The molecule has 6 nitrogen and oxygen atoms in total. The van der Waals surface area contributed by atoms with Gasteiger partial charge in [-0.25, -0.2) is 4.79 Å². The van der Waals surface area contributed by atoms with Crippen LogP contribution < -0.4 is 10.6 Å². The molecule has 0 bridgehead atoms. The van der Waals surface area contributed by atoms with E-state index in [4.69, 9.17) is 0 Å². The van der Waals surface area contributed by atoms with Crippen LogP contribution in [0, 0.1) is 0 Å². The van der Waals surface area contributed by atoms with E-state index in [0.717, 1.165) is 28.1 Å². The molecular formula is C19H19N3O3. The molecule has 128 valence electrons. The Kier molecular flexibility index (Phi) is 4.79. The van der Waals surface area contributed by atoms with E-state index in [1.807, 2.05) is 24.3 Å². The Hall–Kier alpha value is -3.15. The first kappa shape index (κ1) is 16.7. The molecule has 6 heteroatoms. The fourth-order valence-corrected chi connectivity index (χ4v) is 2.63. The molecule has 2 N–H and O–H groups in total. The summed E-state index contributed by atoms with van der Waals surface area (Å²) in [6.45, 7) is 2.30. The standard InChI is InChI=1S/C19H19N3O3/c1-2-13-4-3-5-16(10-13)21-18(24)15-8-6-14(7-9-15)12-22-17(23)11-20-19(22)25/h3-10H,2,11-12H2,1H3,(H,20,25)(H,21,24). The maximum absolute atomic E-state index is 12.3. The number of rotatable bonds is 5. The third-order valence-electron chi connectivity index (χ3n) is 4.09. The fraction of sp³-hybridized carbons (Fsp3) is 0.211. The number of anilines is 1. The highest BCUT2D eigenvalue weighted by Gasteiger charge is 2.28. The lowest BCUT2D eigenvalue weighted by Crippen LogP contribution is -2.30. The van der Waals surface area contributed by atoms with Crippen molar-refractivity contribution in [1.29, 1.82) is 0 Å². The van der Waals surface area contributed by atoms with Crippen LogP contribution in [-0.4, -0.2) is 29.3 Å². The van der Waals surface area contributed by atoms with Crippen molar-refractivity contribution >= 4 is 23.5 Å². The SMILES string of the molecule is CCc1cccc(NC(=O)c2ccc(CN3C(=O)CNC3=O)cc2)c1. The Bertz CT molecular complexity index is 799. The van der Waals surface area contributed by atoms with Crippen molar-refractivity contribution < 1.29 is 14.4 Å². The summed E-state index contributed by atoms with van der Waals surface area (Å²) in [7, 11) is 0. The van der Waals surface area contributed by atoms with Crippen molar-refractivity contribution in [2.75, 3.05) is 11.9 Å². The quantitative estimate of drug-likeness (QED) is 0.823. The molecule has 0 unspecified atom stereocenters. The molecular weight excluding hydrogens is 318 g/mol. The van der Waals surface area contributed by atoms with Crippen molar-refractivity contribution in [2.24, 2.45) is 0 Å². The van der Waals surface area contributed by atoms with Crippen LogP contribution in [0.25, 0.3) is 0 Å². The second-order valence-corrected chi connectivity index (χ2v) is 5.84. The van der Waals surface area contributed by atoms with Crippen LogP contribution in [-0.2, 0) is 17.8 Å². The molecule has 0 aliphatic carbocycles. The van der Waals surface area contributed by atoms with Gasteiger partial charge in [-0.05, 0) is 41.8 Å². The predicted octanol–water partition coefficient (Wildman–Crippen LogP) is 2.55. The summed E-state index contributed by atoms with van der Waals surface area (Å²) in [5.41, 5.74) is 3.22. The topological polar surface area (TPSA) is 78.5 Å². The van der Waals surface area contributed by atoms with Crippen LogP contribution in [0.5, 0.6) is 0 Å². The first-order valence-electron chi connectivity index (χ1n) is 8.14. The Morgan fingerprint density at radius 1 is 1.12 bits per heavy atom. The first-order chi connectivity index (χ1) is 12.1. The van der Waals surface area contributed by atoms with Crippen molar-refractivity contribution in [3.05, 3.63) is 65.2 Å². The van der Waals surface area contributed by atoms with Crippen LogP contribution in [0.15, 0.2) is 48.5 Å². The number of aryl methyl sites for hydroxylation is 1. The zero-order chi connectivity index (χ0) is 17.8. The number of hydrogen-bond acceptors (Lipinski definition) is 3. The molecule has 1 heterocycles. The van der Waals surface area contributed by atoms with Crippen LogP contribution in [0.1, 0.15) is 28.4 Å². The van der Waals surface area contributed by atoms with Gasteiger partial charge in [0.15, 0.2) is 0 Å². The van der Waals surface area contributed by atoms with Gasteiger partial charge in [-0.1, -0.05) is 31.2 Å². The van der Waals surface area contributed by atoms with Gasteiger partial charge in [0, 0.05) is 11.3 Å². The molecule has 1 aliphatic rings. The average molecular weight is 337 g/mol. The maximum atomic E-state index is 12.3. The van der Waals surface area contributed by atoms with Gasteiger partial charge >= 0.3 is 6.03 Å². The smallest absolute Gasteiger partial charge is 0.324 e. The number of urea groups is 1. The number of nitrogens with one attached hydrogen (secondary N) is 2. The normalized spacial score (nSPS) is 13.7. The summed E-state index contributed by atoms with van der Waals surface area (Å²) in [5, 5.41) is 5.35. The summed E-state index contributed by atoms with van der Waals surface area (Å²) < 4.78 is 0. The second-order valence-electron chi connectivity index (χ2n) is 5.84. The van der Waals surface area contributed by atoms with Gasteiger partial charge in [-0.3, -0.25) is 14.5 Å². The molecule has 1 saturated heterocycles. The maximum Gasteiger partial charge on any atom is 0.324 e.